The van der Waals surface area contributed by atoms with Crippen molar-refractivity contribution in [3.8, 4) is 0 Å². The zero-order valence-corrected chi connectivity index (χ0v) is 13.2. The summed E-state index contributed by atoms with van der Waals surface area (Å²) in [6, 6.07) is 1.37. The predicted octanol–water partition coefficient (Wildman–Crippen LogP) is 1.97. The number of nitrogens with zero attached hydrogens (tertiary/aromatic N) is 1. The molecule has 1 amide bonds. The number of carbonyl (C=O) groups excluding carboxylic acids is 1. The van der Waals surface area contributed by atoms with Crippen LogP contribution < -0.4 is 5.32 Å². The average molecular weight is 303 g/mol. The summed E-state index contributed by atoms with van der Waals surface area (Å²) in [5.41, 5.74) is 0. The van der Waals surface area contributed by atoms with Gasteiger partial charge in [0.25, 0.3) is 0 Å². The molecule has 2 bridgehead atoms. The largest absolute Gasteiger partial charge is 0.375 e. The lowest BCUT2D eigenvalue weighted by molar-refractivity contribution is -0.140. The Hall–Kier alpha value is -0.320. The first-order valence-electron chi connectivity index (χ1n) is 7.90. The van der Waals surface area contributed by atoms with E-state index in [9.17, 15) is 4.79 Å². The quantitative estimate of drug-likeness (QED) is 0.866. The average Bonchev–Trinajstić information content (AvgIpc) is 2.78. The minimum Gasteiger partial charge on any atom is -0.375 e. The standard InChI is InChI=1S/C15H26N2O2.ClH/c1-2-14-10-17(5-6-19-14)15(18)9-11-7-12-3-4-13(8-11)16-12;/h11-14,16H,2-10H2,1H3;1H. The molecule has 0 radical (unpaired) electrons. The molecule has 3 fully saturated rings. The van der Waals surface area contributed by atoms with Crippen LogP contribution in [0.4, 0.5) is 0 Å². The van der Waals surface area contributed by atoms with Gasteiger partial charge in [-0.15, -0.1) is 12.4 Å². The van der Waals surface area contributed by atoms with Gasteiger partial charge in [-0.25, -0.2) is 0 Å². The first-order chi connectivity index (χ1) is 9.24. The van der Waals surface area contributed by atoms with Crippen molar-refractivity contribution in [1.29, 1.82) is 0 Å². The topological polar surface area (TPSA) is 41.6 Å². The molecule has 3 unspecified atom stereocenters. The number of rotatable bonds is 3. The van der Waals surface area contributed by atoms with Gasteiger partial charge < -0.3 is 15.0 Å². The number of ether oxygens (including phenoxy) is 1. The molecule has 3 atom stereocenters. The molecule has 3 rings (SSSR count). The Balaban J connectivity index is 0.00000147. The fourth-order valence-electron chi connectivity index (χ4n) is 3.91. The zero-order chi connectivity index (χ0) is 13.2. The van der Waals surface area contributed by atoms with Crippen LogP contribution in [0.1, 0.15) is 45.4 Å². The summed E-state index contributed by atoms with van der Waals surface area (Å²) in [6.45, 7) is 4.42. The molecule has 3 heterocycles. The maximum atomic E-state index is 12.4. The Kier molecular flexibility index (Phi) is 5.70. The maximum absolute atomic E-state index is 12.4. The van der Waals surface area contributed by atoms with E-state index in [2.05, 4.69) is 12.2 Å². The van der Waals surface area contributed by atoms with Crippen LogP contribution in [0.15, 0.2) is 0 Å². The highest BCUT2D eigenvalue weighted by atomic mass is 35.5. The van der Waals surface area contributed by atoms with Crippen molar-refractivity contribution in [3.63, 3.8) is 0 Å². The highest BCUT2D eigenvalue weighted by Gasteiger charge is 2.35. The summed E-state index contributed by atoms with van der Waals surface area (Å²) in [7, 11) is 0. The minimum atomic E-state index is 0. The number of nitrogens with one attached hydrogen (secondary N) is 1. The van der Waals surface area contributed by atoms with Gasteiger partial charge in [0.1, 0.15) is 0 Å². The van der Waals surface area contributed by atoms with Crippen molar-refractivity contribution in [2.45, 2.75) is 63.6 Å². The summed E-state index contributed by atoms with van der Waals surface area (Å²) in [4.78, 5) is 14.4. The first-order valence-corrected chi connectivity index (χ1v) is 7.90. The fraction of sp³-hybridized carbons (Fsp3) is 0.933. The van der Waals surface area contributed by atoms with Crippen molar-refractivity contribution >= 4 is 18.3 Å². The monoisotopic (exact) mass is 302 g/mol. The highest BCUT2D eigenvalue weighted by Crippen LogP contribution is 2.33. The minimum absolute atomic E-state index is 0. The molecule has 0 aromatic carbocycles. The molecular weight excluding hydrogens is 276 g/mol. The van der Waals surface area contributed by atoms with Crippen LogP contribution in [0.2, 0.25) is 0 Å². The fourth-order valence-corrected chi connectivity index (χ4v) is 3.91. The second-order valence-corrected chi connectivity index (χ2v) is 6.42. The van der Waals surface area contributed by atoms with Crippen LogP contribution in [-0.4, -0.2) is 48.7 Å². The van der Waals surface area contributed by atoms with E-state index in [1.807, 2.05) is 4.90 Å². The molecule has 0 aromatic rings. The third kappa shape index (κ3) is 3.66. The Morgan fingerprint density at radius 2 is 2.00 bits per heavy atom. The van der Waals surface area contributed by atoms with Gasteiger partial charge in [0.2, 0.25) is 5.91 Å². The molecule has 3 aliphatic rings. The molecule has 0 spiro atoms. The second-order valence-electron chi connectivity index (χ2n) is 6.42. The number of morpholine rings is 1. The number of hydrogen-bond donors (Lipinski definition) is 1. The summed E-state index contributed by atoms with van der Waals surface area (Å²) in [5, 5.41) is 3.64. The molecule has 116 valence electrons. The smallest absolute Gasteiger partial charge is 0.223 e. The molecule has 4 nitrogen and oxygen atoms in total. The Labute approximate surface area is 128 Å². The van der Waals surface area contributed by atoms with Crippen LogP contribution in [0.3, 0.4) is 0 Å². The van der Waals surface area contributed by atoms with E-state index in [4.69, 9.17) is 4.74 Å². The van der Waals surface area contributed by atoms with Crippen LogP contribution >= 0.6 is 12.4 Å². The number of fused-ring (bicyclic) bond motifs is 2. The first kappa shape index (κ1) is 16.1. The lowest BCUT2D eigenvalue weighted by Gasteiger charge is -2.35. The Morgan fingerprint density at radius 3 is 2.65 bits per heavy atom. The summed E-state index contributed by atoms with van der Waals surface area (Å²) in [5.74, 6) is 0.960. The summed E-state index contributed by atoms with van der Waals surface area (Å²) in [6.07, 6.45) is 7.03. The summed E-state index contributed by atoms with van der Waals surface area (Å²) < 4.78 is 5.64. The molecule has 3 aliphatic heterocycles. The Morgan fingerprint density at radius 1 is 1.30 bits per heavy atom. The molecule has 0 aliphatic carbocycles. The molecule has 1 N–H and O–H groups in total. The van der Waals surface area contributed by atoms with Crippen LogP contribution in [-0.2, 0) is 9.53 Å². The van der Waals surface area contributed by atoms with E-state index in [1.54, 1.807) is 0 Å². The molecule has 0 saturated carbocycles. The van der Waals surface area contributed by atoms with Crippen LogP contribution in [0.5, 0.6) is 0 Å². The van der Waals surface area contributed by atoms with Gasteiger partial charge in [0.15, 0.2) is 0 Å². The van der Waals surface area contributed by atoms with Crippen molar-refractivity contribution < 1.29 is 9.53 Å². The van der Waals surface area contributed by atoms with Gasteiger partial charge in [0, 0.05) is 31.6 Å². The molecule has 3 saturated heterocycles. The normalized spacial score (nSPS) is 36.5. The van der Waals surface area contributed by atoms with Crippen molar-refractivity contribution in [3.05, 3.63) is 0 Å². The number of amides is 1. The van der Waals surface area contributed by atoms with Gasteiger partial charge in [0.05, 0.1) is 12.7 Å². The maximum Gasteiger partial charge on any atom is 0.223 e. The van der Waals surface area contributed by atoms with Crippen molar-refractivity contribution in [2.24, 2.45) is 5.92 Å². The summed E-state index contributed by atoms with van der Waals surface area (Å²) >= 11 is 0. The van der Waals surface area contributed by atoms with Crippen LogP contribution in [0, 0.1) is 5.92 Å². The molecular formula is C15H27ClN2O2. The lowest BCUT2D eigenvalue weighted by Crippen LogP contribution is -2.46. The van der Waals surface area contributed by atoms with Gasteiger partial charge in [-0.1, -0.05) is 6.92 Å². The van der Waals surface area contributed by atoms with E-state index in [0.717, 1.165) is 25.9 Å². The zero-order valence-electron chi connectivity index (χ0n) is 12.3. The van der Waals surface area contributed by atoms with Crippen molar-refractivity contribution in [2.75, 3.05) is 19.7 Å². The van der Waals surface area contributed by atoms with E-state index >= 15 is 0 Å². The predicted molar refractivity (Wildman–Crippen MR) is 81.1 cm³/mol. The van der Waals surface area contributed by atoms with Gasteiger partial charge in [-0.05, 0) is 38.0 Å². The number of hydrogen-bond acceptors (Lipinski definition) is 3. The van der Waals surface area contributed by atoms with Gasteiger partial charge >= 0.3 is 0 Å². The van der Waals surface area contributed by atoms with Crippen molar-refractivity contribution in [1.82, 2.24) is 10.2 Å². The highest BCUT2D eigenvalue weighted by molar-refractivity contribution is 5.85. The van der Waals surface area contributed by atoms with Gasteiger partial charge in [-0.3, -0.25) is 4.79 Å². The number of carbonyl (C=O) groups is 1. The molecule has 0 aromatic heterocycles. The Bertz CT molecular complexity index is 328. The van der Waals surface area contributed by atoms with E-state index < -0.39 is 0 Å². The molecule has 5 heteroatoms. The van der Waals surface area contributed by atoms with Crippen LogP contribution in [0.25, 0.3) is 0 Å². The van der Waals surface area contributed by atoms with E-state index in [1.165, 1.54) is 25.7 Å². The lowest BCUT2D eigenvalue weighted by atomic mass is 9.89. The van der Waals surface area contributed by atoms with E-state index in [-0.39, 0.29) is 18.5 Å². The van der Waals surface area contributed by atoms with E-state index in [0.29, 0.717) is 30.5 Å². The SMILES string of the molecule is CCC1CN(C(=O)CC2CC3CCC(C2)N3)CCO1.Cl. The van der Waals surface area contributed by atoms with Gasteiger partial charge in [-0.2, -0.15) is 0 Å². The third-order valence-electron chi connectivity index (χ3n) is 4.98. The number of halogens is 1. The third-order valence-corrected chi connectivity index (χ3v) is 4.98. The molecule has 20 heavy (non-hydrogen) atoms. The second kappa shape index (κ2) is 7.10. The number of piperidine rings is 1.